The fourth-order valence-electron chi connectivity index (χ4n) is 3.99. The number of carbonyl (C=O) groups excluding carboxylic acids is 1. The lowest BCUT2D eigenvalue weighted by Crippen LogP contribution is -2.55. The van der Waals surface area contributed by atoms with Crippen molar-refractivity contribution in [3.63, 3.8) is 0 Å². The van der Waals surface area contributed by atoms with Crippen LogP contribution in [0.2, 0.25) is 0 Å². The summed E-state index contributed by atoms with van der Waals surface area (Å²) in [7, 11) is 1.68. The van der Waals surface area contributed by atoms with Gasteiger partial charge in [-0.2, -0.15) is 5.10 Å². The lowest BCUT2D eigenvalue weighted by Gasteiger charge is -2.37. The Bertz CT molecular complexity index is 1290. The number of likely N-dealkylation sites (tertiary alicyclic amines) is 1. The molecule has 4 aromatic rings. The molecule has 0 aliphatic carbocycles. The van der Waals surface area contributed by atoms with Crippen LogP contribution in [-0.2, 0) is 7.05 Å². The van der Waals surface area contributed by atoms with Crippen LogP contribution in [0, 0.1) is 0 Å². The standard InChI is InChI=1S/C23H20F2N4O2/c1-28-21(16-7-3-5-9-18(16)27-28)22(30)29-13-12-23(24,25)19(14-29)31-20-11-10-15-6-2-4-8-17(15)26-20/h2-11,19H,12-14H2,1H3. The maximum absolute atomic E-state index is 14.7. The number of hydrogen-bond acceptors (Lipinski definition) is 4. The average Bonchev–Trinajstić information content (AvgIpc) is 3.10. The molecular weight excluding hydrogens is 402 g/mol. The summed E-state index contributed by atoms with van der Waals surface area (Å²) in [5, 5.41) is 5.94. The zero-order chi connectivity index (χ0) is 21.6. The summed E-state index contributed by atoms with van der Waals surface area (Å²) in [6.07, 6.45) is -1.97. The lowest BCUT2D eigenvalue weighted by molar-refractivity contribution is -0.131. The molecule has 1 atom stereocenters. The van der Waals surface area contributed by atoms with Crippen molar-refractivity contribution in [3.05, 3.63) is 66.4 Å². The van der Waals surface area contributed by atoms with E-state index in [2.05, 4.69) is 10.1 Å². The molecule has 1 aliphatic rings. The maximum Gasteiger partial charge on any atom is 0.287 e. The van der Waals surface area contributed by atoms with Gasteiger partial charge in [-0.3, -0.25) is 9.48 Å². The molecule has 2 aromatic carbocycles. The van der Waals surface area contributed by atoms with Crippen LogP contribution in [0.15, 0.2) is 60.7 Å². The van der Waals surface area contributed by atoms with Gasteiger partial charge in [0.2, 0.25) is 5.88 Å². The Morgan fingerprint density at radius 2 is 1.81 bits per heavy atom. The molecule has 2 aromatic heterocycles. The molecule has 0 N–H and O–H groups in total. The fraction of sp³-hybridized carbons (Fsp3) is 0.261. The van der Waals surface area contributed by atoms with Gasteiger partial charge in [-0.25, -0.2) is 13.8 Å². The highest BCUT2D eigenvalue weighted by atomic mass is 19.3. The van der Waals surface area contributed by atoms with E-state index in [1.54, 1.807) is 31.3 Å². The number of amides is 1. The Kier molecular flexibility index (Phi) is 4.57. The molecule has 1 fully saturated rings. The molecule has 31 heavy (non-hydrogen) atoms. The normalized spacial score (nSPS) is 18.4. The molecule has 0 bridgehead atoms. The number of carbonyl (C=O) groups is 1. The van der Waals surface area contributed by atoms with E-state index < -0.39 is 18.4 Å². The number of nitrogens with zero attached hydrogens (tertiary/aromatic N) is 4. The summed E-state index contributed by atoms with van der Waals surface area (Å²) in [5.74, 6) is -3.30. The minimum absolute atomic E-state index is 0.0592. The predicted molar refractivity (Wildman–Crippen MR) is 112 cm³/mol. The number of aromatic nitrogens is 3. The molecular formula is C23H20F2N4O2. The predicted octanol–water partition coefficient (Wildman–Crippen LogP) is 4.05. The van der Waals surface area contributed by atoms with Crippen LogP contribution in [0.25, 0.3) is 21.8 Å². The quantitative estimate of drug-likeness (QED) is 0.500. The first-order valence-corrected chi connectivity index (χ1v) is 10.0. The molecule has 3 heterocycles. The number of alkyl halides is 2. The van der Waals surface area contributed by atoms with E-state index in [4.69, 9.17) is 4.74 Å². The number of aryl methyl sites for hydroxylation is 1. The van der Waals surface area contributed by atoms with Crippen molar-refractivity contribution in [2.45, 2.75) is 18.4 Å². The fourth-order valence-corrected chi connectivity index (χ4v) is 3.99. The van der Waals surface area contributed by atoms with Gasteiger partial charge in [0.05, 0.1) is 17.6 Å². The number of piperidine rings is 1. The Morgan fingerprint density at radius 3 is 2.65 bits per heavy atom. The van der Waals surface area contributed by atoms with Gasteiger partial charge in [-0.1, -0.05) is 36.4 Å². The number of para-hydroxylation sites is 1. The van der Waals surface area contributed by atoms with E-state index in [1.165, 1.54) is 9.58 Å². The van der Waals surface area contributed by atoms with E-state index in [0.29, 0.717) is 22.1 Å². The Hall–Kier alpha value is -3.55. The summed E-state index contributed by atoms with van der Waals surface area (Å²) in [4.78, 5) is 19.0. The van der Waals surface area contributed by atoms with Crippen molar-refractivity contribution in [2.75, 3.05) is 13.1 Å². The number of benzene rings is 2. The lowest BCUT2D eigenvalue weighted by atomic mass is 10.0. The van der Waals surface area contributed by atoms with Crippen LogP contribution in [0.1, 0.15) is 16.9 Å². The summed E-state index contributed by atoms with van der Waals surface area (Å²) in [6.45, 7) is -0.295. The zero-order valence-corrected chi connectivity index (χ0v) is 16.8. The molecule has 0 saturated carbocycles. The molecule has 0 radical (unpaired) electrons. The van der Waals surface area contributed by atoms with Gasteiger partial charge in [-0.05, 0) is 18.2 Å². The molecule has 1 saturated heterocycles. The number of hydrogen-bond donors (Lipinski definition) is 0. The summed E-state index contributed by atoms with van der Waals surface area (Å²) in [6, 6.07) is 18.0. The molecule has 1 amide bonds. The molecule has 5 rings (SSSR count). The molecule has 0 spiro atoms. The summed E-state index contributed by atoms with van der Waals surface area (Å²) in [5.41, 5.74) is 1.72. The second-order valence-corrected chi connectivity index (χ2v) is 7.70. The second-order valence-electron chi connectivity index (χ2n) is 7.70. The molecule has 6 nitrogen and oxygen atoms in total. The Balaban J connectivity index is 1.41. The third-order valence-electron chi connectivity index (χ3n) is 5.64. The molecule has 1 unspecified atom stereocenters. The van der Waals surface area contributed by atoms with Crippen molar-refractivity contribution in [1.29, 1.82) is 0 Å². The smallest absolute Gasteiger partial charge is 0.287 e. The van der Waals surface area contributed by atoms with Crippen LogP contribution in [0.5, 0.6) is 5.88 Å². The van der Waals surface area contributed by atoms with Crippen LogP contribution < -0.4 is 4.74 Å². The second kappa shape index (κ2) is 7.30. The van der Waals surface area contributed by atoms with Crippen LogP contribution in [0.4, 0.5) is 8.78 Å². The Labute approximate surface area is 177 Å². The first kappa shape index (κ1) is 19.4. The topological polar surface area (TPSA) is 60.2 Å². The Morgan fingerprint density at radius 1 is 1.06 bits per heavy atom. The molecule has 8 heteroatoms. The van der Waals surface area contributed by atoms with Gasteiger partial charge >= 0.3 is 0 Å². The van der Waals surface area contributed by atoms with Gasteiger partial charge < -0.3 is 9.64 Å². The third-order valence-corrected chi connectivity index (χ3v) is 5.64. The van der Waals surface area contributed by atoms with Gasteiger partial charge in [0.25, 0.3) is 11.8 Å². The van der Waals surface area contributed by atoms with E-state index in [9.17, 15) is 13.6 Å². The highest BCUT2D eigenvalue weighted by molar-refractivity contribution is 6.05. The monoisotopic (exact) mass is 422 g/mol. The number of fused-ring (bicyclic) bond motifs is 2. The maximum atomic E-state index is 14.7. The minimum Gasteiger partial charge on any atom is -0.466 e. The number of ether oxygens (including phenoxy) is 1. The van der Waals surface area contributed by atoms with E-state index in [0.717, 1.165) is 5.39 Å². The first-order valence-electron chi connectivity index (χ1n) is 10.0. The van der Waals surface area contributed by atoms with Crippen molar-refractivity contribution in [3.8, 4) is 5.88 Å². The molecule has 1 aliphatic heterocycles. The molecule has 158 valence electrons. The van der Waals surface area contributed by atoms with E-state index >= 15 is 0 Å². The highest BCUT2D eigenvalue weighted by Crippen LogP contribution is 2.33. The van der Waals surface area contributed by atoms with Gasteiger partial charge in [0, 0.05) is 36.9 Å². The van der Waals surface area contributed by atoms with Crippen molar-refractivity contribution < 1.29 is 18.3 Å². The average molecular weight is 422 g/mol. The zero-order valence-electron chi connectivity index (χ0n) is 16.8. The van der Waals surface area contributed by atoms with E-state index in [-0.39, 0.29) is 24.9 Å². The number of halogens is 2. The first-order chi connectivity index (χ1) is 14.9. The van der Waals surface area contributed by atoms with Gasteiger partial charge in [0.15, 0.2) is 6.10 Å². The van der Waals surface area contributed by atoms with Gasteiger partial charge in [-0.15, -0.1) is 0 Å². The number of pyridine rings is 1. The SMILES string of the molecule is Cn1nc2ccccc2c1C(=O)N1CCC(F)(F)C(Oc2ccc3ccccc3n2)C1. The third kappa shape index (κ3) is 3.48. The van der Waals surface area contributed by atoms with Crippen molar-refractivity contribution in [2.24, 2.45) is 7.05 Å². The van der Waals surface area contributed by atoms with Crippen LogP contribution >= 0.6 is 0 Å². The highest BCUT2D eigenvalue weighted by Gasteiger charge is 2.47. The van der Waals surface area contributed by atoms with Crippen molar-refractivity contribution in [1.82, 2.24) is 19.7 Å². The number of rotatable bonds is 3. The summed E-state index contributed by atoms with van der Waals surface area (Å²) >= 11 is 0. The van der Waals surface area contributed by atoms with Crippen LogP contribution in [-0.4, -0.2) is 50.7 Å². The van der Waals surface area contributed by atoms with Crippen LogP contribution in [0.3, 0.4) is 0 Å². The van der Waals surface area contributed by atoms with E-state index in [1.807, 2.05) is 36.4 Å². The van der Waals surface area contributed by atoms with Gasteiger partial charge in [0.1, 0.15) is 5.69 Å². The van der Waals surface area contributed by atoms with Crippen molar-refractivity contribution >= 4 is 27.7 Å². The largest absolute Gasteiger partial charge is 0.466 e. The minimum atomic E-state index is -3.07. The summed E-state index contributed by atoms with van der Waals surface area (Å²) < 4.78 is 36.5.